The van der Waals surface area contributed by atoms with Gasteiger partial charge in [-0.15, -0.1) is 0 Å². The molecule has 5 heteroatoms. The average Bonchev–Trinajstić information content (AvgIpc) is 2.38. The molecule has 0 bridgehead atoms. The topological polar surface area (TPSA) is 72.3 Å². The van der Waals surface area contributed by atoms with Crippen LogP contribution < -0.4 is 0 Å². The molecular weight excluding hydrogens is 248 g/mol. The van der Waals surface area contributed by atoms with E-state index in [2.05, 4.69) is 9.98 Å². The van der Waals surface area contributed by atoms with Gasteiger partial charge in [0.25, 0.3) is 0 Å². The molecule has 0 fully saturated rings. The van der Waals surface area contributed by atoms with Crippen LogP contribution in [-0.2, 0) is 0 Å². The Bertz CT molecular complexity index is 515. The quantitative estimate of drug-likeness (QED) is 0.563. The molecule has 0 amide bonds. The Kier molecular flexibility index (Phi) is 4.83. The lowest BCUT2D eigenvalue weighted by Gasteiger charge is -2.22. The van der Waals surface area contributed by atoms with Gasteiger partial charge in [0.2, 0.25) is 12.4 Å². The predicted octanol–water partition coefficient (Wildman–Crippen LogP) is 3.47. The highest BCUT2D eigenvalue weighted by Crippen LogP contribution is 2.32. The molecule has 0 spiro atoms. The fourth-order valence-corrected chi connectivity index (χ4v) is 2.30. The number of halogens is 1. The molecule has 0 saturated carbocycles. The fraction of sp³-hybridized carbons (Fsp3) is 0.385. The first kappa shape index (κ1) is 14.2. The molecule has 0 aliphatic heterocycles. The van der Waals surface area contributed by atoms with Crippen molar-refractivity contribution in [3.8, 4) is 12.4 Å². The van der Waals surface area contributed by atoms with Gasteiger partial charge in [-0.05, 0) is 36.5 Å². The Labute approximate surface area is 112 Å². The molecule has 4 nitrogen and oxygen atoms in total. The largest absolute Gasteiger partial charge is 0.206 e. The second-order valence-corrected chi connectivity index (χ2v) is 4.10. The van der Waals surface area contributed by atoms with E-state index in [0.717, 1.165) is 17.6 Å². The lowest BCUT2D eigenvalue weighted by molar-refractivity contribution is 1.07. The first-order valence-electron chi connectivity index (χ1n) is 5.65. The minimum Gasteiger partial charge on any atom is -0.173 e. The van der Waals surface area contributed by atoms with E-state index >= 15 is 0 Å². The van der Waals surface area contributed by atoms with Crippen LogP contribution in [0.2, 0.25) is 0 Å². The molecular formula is C13H13ClN4. The van der Waals surface area contributed by atoms with Crippen LogP contribution in [0.25, 0.3) is 0 Å². The number of hydrogen-bond acceptors (Lipinski definition) is 4. The van der Waals surface area contributed by atoms with Crippen molar-refractivity contribution in [3.63, 3.8) is 0 Å². The van der Waals surface area contributed by atoms with Gasteiger partial charge in [0, 0.05) is 0 Å². The Morgan fingerprint density at radius 2 is 1.44 bits per heavy atom. The average molecular weight is 261 g/mol. The van der Waals surface area contributed by atoms with Crippen LogP contribution in [0.3, 0.4) is 0 Å². The van der Waals surface area contributed by atoms with E-state index in [4.69, 9.17) is 22.1 Å². The van der Waals surface area contributed by atoms with Crippen LogP contribution in [0, 0.1) is 22.9 Å². The highest BCUT2D eigenvalue weighted by molar-refractivity contribution is 6.51. The molecule has 0 radical (unpaired) electrons. The van der Waals surface area contributed by atoms with Crippen molar-refractivity contribution in [3.05, 3.63) is 21.8 Å². The minimum absolute atomic E-state index is 0.402. The smallest absolute Gasteiger partial charge is 0.173 e. The van der Waals surface area contributed by atoms with Crippen LogP contribution in [0.15, 0.2) is 31.7 Å². The van der Waals surface area contributed by atoms with Gasteiger partial charge in [-0.1, -0.05) is 25.4 Å². The molecule has 0 aromatic rings. The van der Waals surface area contributed by atoms with Crippen LogP contribution in [-0.4, -0.2) is 11.4 Å². The van der Waals surface area contributed by atoms with Crippen LogP contribution in [0.1, 0.15) is 33.6 Å². The maximum Gasteiger partial charge on any atom is 0.206 e. The number of hydrogen-bond donors (Lipinski definition) is 0. The van der Waals surface area contributed by atoms with Crippen molar-refractivity contribution in [2.75, 3.05) is 0 Å². The summed E-state index contributed by atoms with van der Waals surface area (Å²) in [5.74, 6) is 0. The Balaban J connectivity index is 3.62. The van der Waals surface area contributed by atoms with E-state index in [1.807, 2.05) is 13.8 Å². The van der Waals surface area contributed by atoms with Crippen molar-refractivity contribution in [1.82, 2.24) is 0 Å². The van der Waals surface area contributed by atoms with E-state index in [9.17, 15) is 0 Å². The minimum atomic E-state index is 0.402. The SMILES string of the molecule is CCC1=C(CC)C(=NC#N)C(Cl)=C(C)C1=NC#N. The van der Waals surface area contributed by atoms with Crippen molar-refractivity contribution in [1.29, 1.82) is 10.5 Å². The highest BCUT2D eigenvalue weighted by atomic mass is 35.5. The Morgan fingerprint density at radius 3 is 1.89 bits per heavy atom. The maximum absolute atomic E-state index is 8.76. The van der Waals surface area contributed by atoms with E-state index in [1.54, 1.807) is 19.3 Å². The molecule has 0 atom stereocenters. The molecule has 1 aliphatic carbocycles. The van der Waals surface area contributed by atoms with Crippen LogP contribution >= 0.6 is 11.6 Å². The Hall–Kier alpha value is -1.91. The van der Waals surface area contributed by atoms with Gasteiger partial charge in [0.15, 0.2) is 0 Å². The molecule has 0 unspecified atom stereocenters. The summed E-state index contributed by atoms with van der Waals surface area (Å²) < 4.78 is 0. The van der Waals surface area contributed by atoms with E-state index in [0.29, 0.717) is 28.4 Å². The van der Waals surface area contributed by atoms with Gasteiger partial charge in [0.05, 0.1) is 16.5 Å². The third-order valence-electron chi connectivity index (χ3n) is 2.86. The summed E-state index contributed by atoms with van der Waals surface area (Å²) in [6.07, 6.45) is 4.98. The highest BCUT2D eigenvalue weighted by Gasteiger charge is 2.26. The number of nitrogens with zero attached hydrogens (tertiary/aromatic N) is 4. The number of rotatable bonds is 2. The summed E-state index contributed by atoms with van der Waals surface area (Å²) >= 11 is 6.21. The summed E-state index contributed by atoms with van der Waals surface area (Å²) in [5, 5.41) is 17.9. The van der Waals surface area contributed by atoms with Crippen molar-refractivity contribution in [2.45, 2.75) is 33.6 Å². The van der Waals surface area contributed by atoms with Gasteiger partial charge in [-0.2, -0.15) is 20.5 Å². The Morgan fingerprint density at radius 1 is 1.00 bits per heavy atom. The van der Waals surface area contributed by atoms with Crippen molar-refractivity contribution >= 4 is 23.0 Å². The number of aliphatic imine (C=N–C) groups is 2. The molecule has 0 heterocycles. The zero-order valence-electron chi connectivity index (χ0n) is 10.6. The van der Waals surface area contributed by atoms with Crippen LogP contribution in [0.4, 0.5) is 0 Å². The number of nitriles is 2. The molecule has 1 rings (SSSR count). The molecule has 0 saturated heterocycles. The lowest BCUT2D eigenvalue weighted by atomic mass is 9.86. The van der Waals surface area contributed by atoms with Gasteiger partial charge in [-0.25, -0.2) is 0 Å². The second kappa shape index (κ2) is 6.14. The van der Waals surface area contributed by atoms with Gasteiger partial charge < -0.3 is 0 Å². The fourth-order valence-electron chi connectivity index (χ4n) is 2.06. The van der Waals surface area contributed by atoms with Gasteiger partial charge in [-0.3, -0.25) is 0 Å². The number of allylic oxidation sites excluding steroid dienone is 4. The van der Waals surface area contributed by atoms with Gasteiger partial charge >= 0.3 is 0 Å². The first-order chi connectivity index (χ1) is 8.62. The lowest BCUT2D eigenvalue weighted by Crippen LogP contribution is -2.21. The summed E-state index contributed by atoms with van der Waals surface area (Å²) in [5.41, 5.74) is 3.64. The second-order valence-electron chi connectivity index (χ2n) is 3.72. The molecule has 0 aromatic carbocycles. The first-order valence-corrected chi connectivity index (χ1v) is 6.03. The molecule has 0 aromatic heterocycles. The summed E-state index contributed by atoms with van der Waals surface area (Å²) in [6, 6.07) is 0. The van der Waals surface area contributed by atoms with E-state index < -0.39 is 0 Å². The normalized spacial score (nSPS) is 20.3. The van der Waals surface area contributed by atoms with Crippen molar-refractivity contribution < 1.29 is 0 Å². The molecule has 0 N–H and O–H groups in total. The zero-order valence-corrected chi connectivity index (χ0v) is 11.3. The molecule has 18 heavy (non-hydrogen) atoms. The van der Waals surface area contributed by atoms with Crippen molar-refractivity contribution in [2.24, 2.45) is 9.98 Å². The predicted molar refractivity (Wildman–Crippen MR) is 72.3 cm³/mol. The third kappa shape index (κ3) is 2.34. The summed E-state index contributed by atoms with van der Waals surface area (Å²) in [6.45, 7) is 5.73. The maximum atomic E-state index is 8.76. The van der Waals surface area contributed by atoms with Gasteiger partial charge in [0.1, 0.15) is 0 Å². The monoisotopic (exact) mass is 260 g/mol. The summed E-state index contributed by atoms with van der Waals surface area (Å²) in [4.78, 5) is 7.64. The van der Waals surface area contributed by atoms with Crippen LogP contribution in [0.5, 0.6) is 0 Å². The summed E-state index contributed by atoms with van der Waals surface area (Å²) in [7, 11) is 0. The zero-order chi connectivity index (χ0) is 13.7. The van der Waals surface area contributed by atoms with E-state index in [-0.39, 0.29) is 0 Å². The standard InChI is InChI=1S/C13H13ClN4/c1-4-9-10(5-2)13(18-7-16)11(14)8(3)12(9)17-6-15/h4-5H2,1-3H3. The molecule has 92 valence electrons. The van der Waals surface area contributed by atoms with E-state index in [1.165, 1.54) is 0 Å². The molecule has 1 aliphatic rings. The third-order valence-corrected chi connectivity index (χ3v) is 3.32.